The molecule has 0 unspecified atom stereocenters. The molecule has 2 aromatic carbocycles. The Labute approximate surface area is 163 Å². The summed E-state index contributed by atoms with van der Waals surface area (Å²) in [4.78, 5) is 0. The van der Waals surface area contributed by atoms with E-state index < -0.39 is 12.2 Å². The summed E-state index contributed by atoms with van der Waals surface area (Å²) >= 11 is 1.52. The monoisotopic (exact) mass is 390 g/mol. The van der Waals surface area contributed by atoms with Crippen LogP contribution < -0.4 is 4.74 Å². The van der Waals surface area contributed by atoms with Crippen LogP contribution >= 0.6 is 11.8 Å². The van der Waals surface area contributed by atoms with Gasteiger partial charge in [-0.25, -0.2) is 0 Å². The average molecular weight is 391 g/mol. The maximum Gasteiger partial charge on any atom is 0.119 e. The van der Waals surface area contributed by atoms with Crippen LogP contribution in [0.5, 0.6) is 5.75 Å². The Balaban J connectivity index is 1.71. The van der Waals surface area contributed by atoms with E-state index in [1.54, 1.807) is 0 Å². The Morgan fingerprint density at radius 2 is 1.78 bits per heavy atom. The largest absolute Gasteiger partial charge is 0.491 e. The van der Waals surface area contributed by atoms with E-state index in [0.29, 0.717) is 6.42 Å². The summed E-state index contributed by atoms with van der Waals surface area (Å²) in [6.45, 7) is 0.268. The van der Waals surface area contributed by atoms with Crippen LogP contribution in [-0.4, -0.2) is 57.7 Å². The van der Waals surface area contributed by atoms with Crippen molar-refractivity contribution in [1.82, 2.24) is 0 Å². The molecule has 0 bridgehead atoms. The van der Waals surface area contributed by atoms with Gasteiger partial charge in [-0.2, -0.15) is 0 Å². The Bertz CT molecular complexity index is 721. The summed E-state index contributed by atoms with van der Waals surface area (Å²) in [7, 11) is 0. The Morgan fingerprint density at radius 3 is 2.48 bits per heavy atom. The van der Waals surface area contributed by atoms with Gasteiger partial charge < -0.3 is 25.2 Å². The third-order valence-electron chi connectivity index (χ3n) is 4.72. The smallest absolute Gasteiger partial charge is 0.119 e. The highest BCUT2D eigenvalue weighted by Crippen LogP contribution is 2.43. The first-order chi connectivity index (χ1) is 13.1. The molecule has 1 aliphatic rings. The lowest BCUT2D eigenvalue weighted by molar-refractivity contribution is 0.00526. The molecule has 1 aliphatic heterocycles. The van der Waals surface area contributed by atoms with E-state index in [1.807, 2.05) is 42.5 Å². The fraction of sp³-hybridized carbons (Fsp3) is 0.429. The quantitative estimate of drug-likeness (QED) is 0.577. The lowest BCUT2D eigenvalue weighted by Crippen LogP contribution is -2.39. The van der Waals surface area contributed by atoms with Crippen molar-refractivity contribution in [3.05, 3.63) is 65.2 Å². The van der Waals surface area contributed by atoms with Crippen molar-refractivity contribution in [3.8, 4) is 5.75 Å². The van der Waals surface area contributed by atoms with Gasteiger partial charge in [0, 0.05) is 5.25 Å². The first-order valence-corrected chi connectivity index (χ1v) is 10.1. The number of aliphatic hydroxyl groups excluding tert-OH is 4. The van der Waals surface area contributed by atoms with E-state index in [-0.39, 0.29) is 30.3 Å². The number of benzene rings is 2. The van der Waals surface area contributed by atoms with Crippen molar-refractivity contribution < 1.29 is 25.2 Å². The predicted molar refractivity (Wildman–Crippen MR) is 106 cm³/mol. The van der Waals surface area contributed by atoms with Crippen LogP contribution in [0.15, 0.2) is 48.5 Å². The van der Waals surface area contributed by atoms with E-state index in [2.05, 4.69) is 6.07 Å². The molecular weight excluding hydrogens is 364 g/mol. The summed E-state index contributed by atoms with van der Waals surface area (Å²) in [5.74, 6) is 0.729. The van der Waals surface area contributed by atoms with Crippen molar-refractivity contribution in [2.45, 2.75) is 35.5 Å². The molecule has 4 N–H and O–H groups in total. The summed E-state index contributed by atoms with van der Waals surface area (Å²) < 4.78 is 5.38. The average Bonchev–Trinajstić information content (AvgIpc) is 2.69. The maximum atomic E-state index is 10.4. The minimum absolute atomic E-state index is 0.00462. The van der Waals surface area contributed by atoms with Gasteiger partial charge in [-0.05, 0) is 41.7 Å². The molecule has 1 saturated heterocycles. The minimum atomic E-state index is -0.837. The molecule has 146 valence electrons. The molecule has 1 heterocycles. The molecule has 5 nitrogen and oxygen atoms in total. The molecule has 4 atom stereocenters. The predicted octanol–water partition coefficient (Wildman–Crippen LogP) is 1.91. The van der Waals surface area contributed by atoms with E-state index in [1.165, 1.54) is 11.8 Å². The zero-order valence-electron chi connectivity index (χ0n) is 15.1. The lowest BCUT2D eigenvalue weighted by Gasteiger charge is -2.36. The van der Waals surface area contributed by atoms with Gasteiger partial charge in [0.15, 0.2) is 0 Å². The number of aliphatic hydroxyl groups is 4. The second-order valence-electron chi connectivity index (χ2n) is 6.79. The molecule has 0 saturated carbocycles. The van der Waals surface area contributed by atoms with Gasteiger partial charge in [0.05, 0.1) is 30.7 Å². The third kappa shape index (κ3) is 5.24. The van der Waals surface area contributed by atoms with Crippen molar-refractivity contribution in [1.29, 1.82) is 0 Å². The molecule has 0 amide bonds. The van der Waals surface area contributed by atoms with E-state index in [9.17, 15) is 15.3 Å². The fourth-order valence-electron chi connectivity index (χ4n) is 3.33. The second-order valence-corrected chi connectivity index (χ2v) is 8.24. The first-order valence-electron chi connectivity index (χ1n) is 9.14. The Morgan fingerprint density at radius 1 is 1.00 bits per heavy atom. The normalized spacial score (nSPS) is 25.3. The number of hydrogen-bond donors (Lipinski definition) is 4. The molecule has 2 aromatic rings. The van der Waals surface area contributed by atoms with Gasteiger partial charge in [-0.15, -0.1) is 11.8 Å². The van der Waals surface area contributed by atoms with E-state index in [0.717, 1.165) is 28.9 Å². The fourth-order valence-corrected chi connectivity index (χ4v) is 4.79. The number of hydrogen-bond acceptors (Lipinski definition) is 6. The van der Waals surface area contributed by atoms with Gasteiger partial charge in [-0.1, -0.05) is 36.4 Å². The van der Waals surface area contributed by atoms with E-state index >= 15 is 0 Å². The number of rotatable bonds is 7. The molecule has 0 aromatic heterocycles. The highest BCUT2D eigenvalue weighted by atomic mass is 32.2. The van der Waals surface area contributed by atoms with Gasteiger partial charge in [0.25, 0.3) is 0 Å². The van der Waals surface area contributed by atoms with Crippen molar-refractivity contribution in [2.24, 2.45) is 0 Å². The summed E-state index contributed by atoms with van der Waals surface area (Å²) in [5.41, 5.74) is 3.21. The van der Waals surface area contributed by atoms with Crippen LogP contribution in [0.2, 0.25) is 0 Å². The standard InChI is InChI=1S/C21H26O5S/c22-8-9-26-17-6-4-14(5-7-17)10-15-2-1-3-16(11-15)21-20(25)19(24)12-18(13-23)27-21/h1-7,11,18-25H,8-10,12-13H2/t18-,19-,20+,21-/m0/s1. The zero-order chi connectivity index (χ0) is 19.2. The van der Waals surface area contributed by atoms with Crippen LogP contribution in [-0.2, 0) is 6.42 Å². The van der Waals surface area contributed by atoms with Gasteiger partial charge >= 0.3 is 0 Å². The molecule has 0 spiro atoms. The van der Waals surface area contributed by atoms with Gasteiger partial charge in [0.1, 0.15) is 12.4 Å². The summed E-state index contributed by atoms with van der Waals surface area (Å²) in [6.07, 6.45) is -0.504. The summed E-state index contributed by atoms with van der Waals surface area (Å²) in [6, 6.07) is 15.8. The molecule has 0 radical (unpaired) electrons. The highest BCUT2D eigenvalue weighted by molar-refractivity contribution is 8.00. The molecule has 3 rings (SSSR count). The SMILES string of the molecule is OCCOc1ccc(Cc2cccc([C@@H]3S[C@H](CO)C[C@H](O)[C@H]3O)c2)cc1. The summed E-state index contributed by atoms with van der Waals surface area (Å²) in [5, 5.41) is 38.4. The molecule has 6 heteroatoms. The lowest BCUT2D eigenvalue weighted by atomic mass is 9.96. The topological polar surface area (TPSA) is 90.2 Å². The highest BCUT2D eigenvalue weighted by Gasteiger charge is 2.37. The molecule has 0 aliphatic carbocycles. The Hall–Kier alpha value is -1.57. The molecule has 27 heavy (non-hydrogen) atoms. The minimum Gasteiger partial charge on any atom is -0.491 e. The first kappa shape index (κ1) is 20.2. The number of thioether (sulfide) groups is 1. The molecule has 1 fully saturated rings. The van der Waals surface area contributed by atoms with Crippen LogP contribution in [0.4, 0.5) is 0 Å². The van der Waals surface area contributed by atoms with Gasteiger partial charge in [-0.3, -0.25) is 0 Å². The van der Waals surface area contributed by atoms with Crippen LogP contribution in [0.25, 0.3) is 0 Å². The second kappa shape index (κ2) is 9.57. The molecular formula is C21H26O5S. The third-order valence-corrected chi connectivity index (χ3v) is 6.29. The Kier molecular flexibility index (Phi) is 7.15. The van der Waals surface area contributed by atoms with Crippen molar-refractivity contribution in [2.75, 3.05) is 19.8 Å². The van der Waals surface area contributed by atoms with Crippen LogP contribution in [0.1, 0.15) is 28.4 Å². The zero-order valence-corrected chi connectivity index (χ0v) is 15.9. The van der Waals surface area contributed by atoms with E-state index in [4.69, 9.17) is 9.84 Å². The van der Waals surface area contributed by atoms with Crippen molar-refractivity contribution in [3.63, 3.8) is 0 Å². The van der Waals surface area contributed by atoms with Crippen LogP contribution in [0, 0.1) is 0 Å². The number of ether oxygens (including phenoxy) is 1. The maximum absolute atomic E-state index is 10.4. The van der Waals surface area contributed by atoms with Gasteiger partial charge in [0.2, 0.25) is 0 Å². The van der Waals surface area contributed by atoms with Crippen LogP contribution in [0.3, 0.4) is 0 Å². The van der Waals surface area contributed by atoms with Crippen molar-refractivity contribution >= 4 is 11.8 Å².